The summed E-state index contributed by atoms with van der Waals surface area (Å²) in [4.78, 5) is 27.5. The van der Waals surface area contributed by atoms with E-state index in [2.05, 4.69) is 15.0 Å². The van der Waals surface area contributed by atoms with Crippen molar-refractivity contribution in [3.05, 3.63) is 10.4 Å². The molecule has 1 aromatic rings. The van der Waals surface area contributed by atoms with Crippen LogP contribution in [-0.4, -0.2) is 53.0 Å². The molecule has 0 aliphatic rings. The Morgan fingerprint density at radius 1 is 1.45 bits per heavy atom. The average Bonchev–Trinajstić information content (AvgIpc) is 2.83. The number of carbonyl (C=O) groups excluding carboxylic acids is 2. The Morgan fingerprint density at radius 3 is 2.55 bits per heavy atom. The lowest BCUT2D eigenvalue weighted by Gasteiger charge is -2.22. The maximum atomic E-state index is 11.8. The minimum absolute atomic E-state index is 0.0588. The molecular weight excluding hydrogens is 311 g/mol. The van der Waals surface area contributed by atoms with Gasteiger partial charge in [-0.15, -0.1) is 11.3 Å². The van der Waals surface area contributed by atoms with Crippen LogP contribution < -0.4 is 10.9 Å². The molecule has 0 unspecified atom stereocenters. The van der Waals surface area contributed by atoms with Gasteiger partial charge in [0.2, 0.25) is 0 Å². The van der Waals surface area contributed by atoms with Crippen LogP contribution in [0.5, 0.6) is 0 Å². The summed E-state index contributed by atoms with van der Waals surface area (Å²) in [5, 5.41) is 22.4. The number of nitrogens with one attached hydrogen (secondary N) is 1. The van der Waals surface area contributed by atoms with Crippen LogP contribution in [0.4, 0.5) is 4.79 Å². The van der Waals surface area contributed by atoms with Crippen molar-refractivity contribution in [3.8, 4) is 0 Å². The van der Waals surface area contributed by atoms with E-state index in [0.29, 0.717) is 5.01 Å². The second-order valence-electron chi connectivity index (χ2n) is 5.47. The van der Waals surface area contributed by atoms with E-state index in [1.54, 1.807) is 20.8 Å². The second-order valence-corrected chi connectivity index (χ2v) is 6.41. The monoisotopic (exact) mass is 330 g/mol. The number of nitrogens with zero attached hydrogens (tertiary/aromatic N) is 1. The minimum atomic E-state index is -1.68. The molecule has 0 saturated carbocycles. The fraction of sp³-hybridized carbons (Fsp3) is 0.583. The number of aromatic nitrogens is 1. The first-order valence-corrected chi connectivity index (χ1v) is 7.38. The molecule has 0 aliphatic carbocycles. The summed E-state index contributed by atoms with van der Waals surface area (Å²) in [5.41, 5.74) is -0.610. The Labute approximate surface area is 132 Å². The predicted octanol–water partition coefficient (Wildman–Crippen LogP) is -0.568. The summed E-state index contributed by atoms with van der Waals surface area (Å²) in [6.07, 6.45) is -0.689. The third-order valence-corrected chi connectivity index (χ3v) is 3.28. The normalized spacial score (nSPS) is 12.5. The fourth-order valence-electron chi connectivity index (χ4n) is 1.50. The molecule has 0 aliphatic heterocycles. The SMILES string of the molecule is COC(=O)[C@H](Cc1nc(B(O)O)cs1)NC(=O)OC(C)(C)C. The van der Waals surface area contributed by atoms with Gasteiger partial charge in [-0.3, -0.25) is 4.98 Å². The number of methoxy groups -OCH3 is 1. The standard InChI is InChI=1S/C12H19BN2O6S/c1-12(2,3)21-11(17)14-7(10(16)20-4)5-9-15-8(6-22-9)13(18)19/h6-7,18-19H,5H2,1-4H3,(H,14,17)/t7-/m0/s1. The maximum absolute atomic E-state index is 11.8. The van der Waals surface area contributed by atoms with Crippen LogP contribution in [-0.2, 0) is 20.7 Å². The fourth-order valence-corrected chi connectivity index (χ4v) is 2.35. The van der Waals surface area contributed by atoms with Crippen LogP contribution >= 0.6 is 11.3 Å². The summed E-state index contributed by atoms with van der Waals surface area (Å²) in [5.74, 6) is -0.646. The van der Waals surface area contributed by atoms with E-state index < -0.39 is 30.8 Å². The zero-order valence-electron chi connectivity index (χ0n) is 12.8. The van der Waals surface area contributed by atoms with Crippen molar-refractivity contribution in [1.82, 2.24) is 10.3 Å². The molecule has 1 amide bonds. The highest BCUT2D eigenvalue weighted by Gasteiger charge is 2.27. The topological polar surface area (TPSA) is 118 Å². The first-order valence-electron chi connectivity index (χ1n) is 6.50. The molecular formula is C12H19BN2O6S. The average molecular weight is 330 g/mol. The molecule has 0 spiro atoms. The molecule has 0 bridgehead atoms. The largest absolute Gasteiger partial charge is 0.509 e. The Morgan fingerprint density at radius 2 is 2.09 bits per heavy atom. The van der Waals surface area contributed by atoms with Crippen molar-refractivity contribution in [2.75, 3.05) is 7.11 Å². The highest BCUT2D eigenvalue weighted by atomic mass is 32.1. The Kier molecular flexibility index (Phi) is 6.33. The summed E-state index contributed by atoms with van der Waals surface area (Å²) in [6, 6.07) is -0.977. The lowest BCUT2D eigenvalue weighted by molar-refractivity contribution is -0.143. The van der Waals surface area contributed by atoms with Gasteiger partial charge in [0, 0.05) is 11.8 Å². The summed E-state index contributed by atoms with van der Waals surface area (Å²) in [6.45, 7) is 5.11. The zero-order valence-corrected chi connectivity index (χ0v) is 13.6. The zero-order chi connectivity index (χ0) is 16.9. The molecule has 1 atom stereocenters. The van der Waals surface area contributed by atoms with Crippen molar-refractivity contribution in [2.45, 2.75) is 38.8 Å². The van der Waals surface area contributed by atoms with Gasteiger partial charge in [0.25, 0.3) is 0 Å². The highest BCUT2D eigenvalue weighted by Crippen LogP contribution is 2.10. The molecule has 1 heterocycles. The van der Waals surface area contributed by atoms with E-state index in [4.69, 9.17) is 14.8 Å². The molecule has 1 rings (SSSR count). The van der Waals surface area contributed by atoms with E-state index >= 15 is 0 Å². The van der Waals surface area contributed by atoms with Crippen LogP contribution in [0.15, 0.2) is 5.38 Å². The van der Waals surface area contributed by atoms with Gasteiger partial charge >= 0.3 is 19.2 Å². The molecule has 22 heavy (non-hydrogen) atoms. The number of carbonyl (C=O) groups is 2. The van der Waals surface area contributed by atoms with Gasteiger partial charge in [-0.1, -0.05) is 0 Å². The number of rotatable bonds is 5. The molecule has 0 fully saturated rings. The third-order valence-electron chi connectivity index (χ3n) is 2.39. The Bertz CT molecular complexity index is 528. The number of thiazole rings is 1. The lowest BCUT2D eigenvalue weighted by Crippen LogP contribution is -2.45. The number of hydrogen-bond donors (Lipinski definition) is 3. The predicted molar refractivity (Wildman–Crippen MR) is 80.8 cm³/mol. The highest BCUT2D eigenvalue weighted by molar-refractivity contribution is 7.10. The molecule has 1 aromatic heterocycles. The molecule has 10 heteroatoms. The summed E-state index contributed by atoms with van der Waals surface area (Å²) >= 11 is 1.14. The maximum Gasteiger partial charge on any atom is 0.509 e. The molecule has 0 radical (unpaired) electrons. The Balaban J connectivity index is 2.76. The van der Waals surface area contributed by atoms with Crippen LogP contribution in [0.25, 0.3) is 0 Å². The van der Waals surface area contributed by atoms with Crippen molar-refractivity contribution in [2.24, 2.45) is 0 Å². The molecule has 0 saturated heterocycles. The summed E-state index contributed by atoms with van der Waals surface area (Å²) in [7, 11) is -0.475. The van der Waals surface area contributed by atoms with E-state index in [0.717, 1.165) is 11.3 Å². The van der Waals surface area contributed by atoms with Gasteiger partial charge in [-0.2, -0.15) is 0 Å². The molecule has 0 aromatic carbocycles. The van der Waals surface area contributed by atoms with Crippen molar-refractivity contribution in [3.63, 3.8) is 0 Å². The van der Waals surface area contributed by atoms with Gasteiger partial charge in [-0.25, -0.2) is 9.59 Å². The number of hydrogen-bond acceptors (Lipinski definition) is 8. The quantitative estimate of drug-likeness (QED) is 0.489. The van der Waals surface area contributed by atoms with Gasteiger partial charge in [-0.05, 0) is 20.8 Å². The van der Waals surface area contributed by atoms with E-state index in [9.17, 15) is 9.59 Å². The van der Waals surface area contributed by atoms with Gasteiger partial charge in [0.1, 0.15) is 11.6 Å². The first-order chi connectivity index (χ1) is 10.1. The van der Waals surface area contributed by atoms with E-state index in [1.165, 1.54) is 12.5 Å². The summed E-state index contributed by atoms with van der Waals surface area (Å²) < 4.78 is 9.73. The van der Waals surface area contributed by atoms with Crippen LogP contribution in [0.1, 0.15) is 25.8 Å². The second kappa shape index (κ2) is 7.57. The molecule has 8 nitrogen and oxygen atoms in total. The van der Waals surface area contributed by atoms with E-state index in [1.807, 2.05) is 0 Å². The van der Waals surface area contributed by atoms with E-state index in [-0.39, 0.29) is 12.0 Å². The van der Waals surface area contributed by atoms with Crippen molar-refractivity contribution >= 4 is 36.1 Å². The van der Waals surface area contributed by atoms with Crippen molar-refractivity contribution < 1.29 is 29.1 Å². The lowest BCUT2D eigenvalue weighted by atomic mass is 9.88. The smallest absolute Gasteiger partial charge is 0.467 e. The number of amides is 1. The molecule has 3 N–H and O–H groups in total. The van der Waals surface area contributed by atoms with Gasteiger partial charge in [0.15, 0.2) is 0 Å². The van der Waals surface area contributed by atoms with Crippen LogP contribution in [0.2, 0.25) is 0 Å². The van der Waals surface area contributed by atoms with Gasteiger partial charge < -0.3 is 24.8 Å². The first kappa shape index (κ1) is 18.4. The van der Waals surface area contributed by atoms with Gasteiger partial charge in [0.05, 0.1) is 17.7 Å². The molecule has 122 valence electrons. The van der Waals surface area contributed by atoms with Crippen LogP contribution in [0.3, 0.4) is 0 Å². The third kappa shape index (κ3) is 6.00. The van der Waals surface area contributed by atoms with Crippen LogP contribution in [0, 0.1) is 0 Å². The Hall–Kier alpha value is -1.65. The number of ether oxygens (including phenoxy) is 2. The minimum Gasteiger partial charge on any atom is -0.467 e. The number of esters is 1. The van der Waals surface area contributed by atoms with Crippen molar-refractivity contribution in [1.29, 1.82) is 0 Å². The number of alkyl carbamates (subject to hydrolysis) is 1.